The van der Waals surface area contributed by atoms with Crippen molar-refractivity contribution >= 4 is 17.3 Å². The van der Waals surface area contributed by atoms with Crippen LogP contribution in [0.3, 0.4) is 0 Å². The van der Waals surface area contributed by atoms with E-state index in [0.717, 1.165) is 34.0 Å². The molecule has 0 N–H and O–H groups in total. The van der Waals surface area contributed by atoms with Crippen LogP contribution in [0.4, 0.5) is 0 Å². The average molecular weight is 266 g/mol. The predicted octanol–water partition coefficient (Wildman–Crippen LogP) is 2.63. The molecule has 0 atom stereocenters. The van der Waals surface area contributed by atoms with Gasteiger partial charge in [0, 0.05) is 29.9 Å². The van der Waals surface area contributed by atoms with E-state index in [0.29, 0.717) is 12.2 Å². The van der Waals surface area contributed by atoms with Crippen molar-refractivity contribution in [3.8, 4) is 11.1 Å². The Hall–Kier alpha value is -2.56. The fraction of sp³-hybridized carbons (Fsp3) is 0.200. The van der Waals surface area contributed by atoms with E-state index >= 15 is 0 Å². The monoisotopic (exact) mass is 266 g/mol. The Labute approximate surface area is 116 Å². The van der Waals surface area contributed by atoms with Crippen LogP contribution in [0.15, 0.2) is 30.7 Å². The van der Waals surface area contributed by atoms with E-state index in [4.69, 9.17) is 0 Å². The van der Waals surface area contributed by atoms with Crippen molar-refractivity contribution in [2.75, 3.05) is 0 Å². The molecule has 0 aliphatic heterocycles. The van der Waals surface area contributed by atoms with E-state index in [9.17, 15) is 4.79 Å². The normalized spacial score (nSPS) is 10.9. The van der Waals surface area contributed by atoms with Crippen LogP contribution in [0.5, 0.6) is 0 Å². The lowest BCUT2D eigenvalue weighted by Gasteiger charge is -2.06. The maximum absolute atomic E-state index is 11.1. The number of nitrogens with zero attached hydrogens (tertiary/aromatic N) is 4. The SMILES string of the molecule is CCn1ncc2c(-c3cncc(C)c3)cc(C=O)nc21. The quantitative estimate of drug-likeness (QED) is 0.684. The van der Waals surface area contributed by atoms with Crippen LogP contribution in [-0.4, -0.2) is 26.0 Å². The Morgan fingerprint density at radius 2 is 2.10 bits per heavy atom. The van der Waals surface area contributed by atoms with E-state index < -0.39 is 0 Å². The Morgan fingerprint density at radius 1 is 1.25 bits per heavy atom. The third-order valence-electron chi connectivity index (χ3n) is 3.24. The summed E-state index contributed by atoms with van der Waals surface area (Å²) < 4.78 is 1.79. The van der Waals surface area contributed by atoms with E-state index in [1.54, 1.807) is 29.3 Å². The number of hydrogen-bond donors (Lipinski definition) is 0. The van der Waals surface area contributed by atoms with Crippen LogP contribution < -0.4 is 0 Å². The molecule has 5 nitrogen and oxygen atoms in total. The van der Waals surface area contributed by atoms with Crippen molar-refractivity contribution < 1.29 is 4.79 Å². The highest BCUT2D eigenvalue weighted by Gasteiger charge is 2.12. The number of aromatic nitrogens is 4. The van der Waals surface area contributed by atoms with Gasteiger partial charge in [-0.05, 0) is 37.1 Å². The van der Waals surface area contributed by atoms with E-state index in [2.05, 4.69) is 15.1 Å². The molecule has 0 aliphatic carbocycles. The highest BCUT2D eigenvalue weighted by Crippen LogP contribution is 2.28. The van der Waals surface area contributed by atoms with Gasteiger partial charge in [-0.1, -0.05) is 0 Å². The van der Waals surface area contributed by atoms with Crippen LogP contribution in [-0.2, 0) is 6.54 Å². The molecule has 5 heteroatoms. The van der Waals surface area contributed by atoms with Gasteiger partial charge < -0.3 is 0 Å². The first-order valence-electron chi connectivity index (χ1n) is 6.46. The third kappa shape index (κ3) is 1.97. The number of carbonyl (C=O) groups excluding carboxylic acids is 1. The van der Waals surface area contributed by atoms with Gasteiger partial charge in [-0.15, -0.1) is 0 Å². The fourth-order valence-corrected chi connectivity index (χ4v) is 2.30. The van der Waals surface area contributed by atoms with Crippen molar-refractivity contribution in [3.05, 3.63) is 42.0 Å². The van der Waals surface area contributed by atoms with Gasteiger partial charge in [0.25, 0.3) is 0 Å². The number of carbonyl (C=O) groups is 1. The first kappa shape index (κ1) is 12.5. The minimum Gasteiger partial charge on any atom is -0.296 e. The molecule has 0 radical (unpaired) electrons. The van der Waals surface area contributed by atoms with Crippen molar-refractivity contribution in [2.24, 2.45) is 0 Å². The van der Waals surface area contributed by atoms with Gasteiger partial charge >= 0.3 is 0 Å². The summed E-state index contributed by atoms with van der Waals surface area (Å²) in [6.45, 7) is 4.70. The maximum atomic E-state index is 11.1. The first-order valence-corrected chi connectivity index (χ1v) is 6.46. The summed E-state index contributed by atoms with van der Waals surface area (Å²) >= 11 is 0. The van der Waals surface area contributed by atoms with E-state index in [1.807, 2.05) is 19.9 Å². The summed E-state index contributed by atoms with van der Waals surface area (Å²) in [7, 11) is 0. The van der Waals surface area contributed by atoms with Gasteiger partial charge in [0.1, 0.15) is 5.69 Å². The van der Waals surface area contributed by atoms with Crippen LogP contribution in [0, 0.1) is 6.92 Å². The van der Waals surface area contributed by atoms with Gasteiger partial charge in [0.2, 0.25) is 0 Å². The zero-order valence-corrected chi connectivity index (χ0v) is 11.4. The van der Waals surface area contributed by atoms with Crippen LogP contribution in [0.25, 0.3) is 22.2 Å². The number of fused-ring (bicyclic) bond motifs is 1. The molecule has 20 heavy (non-hydrogen) atoms. The minimum atomic E-state index is 0.407. The van der Waals surface area contributed by atoms with Crippen molar-refractivity contribution in [1.82, 2.24) is 19.7 Å². The topological polar surface area (TPSA) is 60.7 Å². The maximum Gasteiger partial charge on any atom is 0.168 e. The molecule has 0 bridgehead atoms. The third-order valence-corrected chi connectivity index (χ3v) is 3.24. The van der Waals surface area contributed by atoms with Crippen molar-refractivity contribution in [2.45, 2.75) is 20.4 Å². The van der Waals surface area contributed by atoms with Crippen LogP contribution >= 0.6 is 0 Å². The lowest BCUT2D eigenvalue weighted by molar-refractivity contribution is 0.111. The Kier molecular flexibility index (Phi) is 3.02. The molecule has 3 aromatic rings. The second-order valence-corrected chi connectivity index (χ2v) is 4.66. The predicted molar refractivity (Wildman–Crippen MR) is 76.6 cm³/mol. The number of aryl methyl sites for hydroxylation is 2. The Balaban J connectivity index is 2.34. The van der Waals surface area contributed by atoms with E-state index in [1.165, 1.54) is 0 Å². The van der Waals surface area contributed by atoms with Crippen LogP contribution in [0.2, 0.25) is 0 Å². The zero-order valence-electron chi connectivity index (χ0n) is 11.4. The summed E-state index contributed by atoms with van der Waals surface area (Å²) in [6.07, 6.45) is 6.15. The Morgan fingerprint density at radius 3 is 2.80 bits per heavy atom. The number of aldehydes is 1. The molecule has 3 heterocycles. The van der Waals surface area contributed by atoms with Gasteiger partial charge in [-0.3, -0.25) is 9.78 Å². The van der Waals surface area contributed by atoms with Crippen LogP contribution in [0.1, 0.15) is 23.0 Å². The summed E-state index contributed by atoms with van der Waals surface area (Å²) in [5.41, 5.74) is 4.12. The van der Waals surface area contributed by atoms with Gasteiger partial charge in [-0.25, -0.2) is 9.67 Å². The summed E-state index contributed by atoms with van der Waals surface area (Å²) in [6, 6.07) is 3.83. The van der Waals surface area contributed by atoms with Crippen molar-refractivity contribution in [3.63, 3.8) is 0 Å². The second-order valence-electron chi connectivity index (χ2n) is 4.66. The highest BCUT2D eigenvalue weighted by molar-refractivity contribution is 5.95. The fourth-order valence-electron chi connectivity index (χ4n) is 2.30. The lowest BCUT2D eigenvalue weighted by Crippen LogP contribution is -1.99. The molecular weight excluding hydrogens is 252 g/mol. The smallest absolute Gasteiger partial charge is 0.168 e. The molecule has 0 fully saturated rings. The molecule has 0 aromatic carbocycles. The zero-order chi connectivity index (χ0) is 14.1. The van der Waals surface area contributed by atoms with Gasteiger partial charge in [0.05, 0.1) is 6.20 Å². The standard InChI is InChI=1S/C15H14N4O/c1-3-19-15-14(8-17-19)13(5-12(9-20)18-15)11-4-10(2)6-16-7-11/h4-9H,3H2,1-2H3. The highest BCUT2D eigenvalue weighted by atomic mass is 16.1. The largest absolute Gasteiger partial charge is 0.296 e. The van der Waals surface area contributed by atoms with Crippen molar-refractivity contribution in [1.29, 1.82) is 0 Å². The van der Waals surface area contributed by atoms with Gasteiger partial charge in [0.15, 0.2) is 11.9 Å². The molecule has 100 valence electrons. The number of rotatable bonds is 3. The lowest BCUT2D eigenvalue weighted by atomic mass is 10.0. The molecule has 0 unspecified atom stereocenters. The molecule has 3 aromatic heterocycles. The summed E-state index contributed by atoms with van der Waals surface area (Å²) in [4.78, 5) is 19.7. The molecular formula is C15H14N4O. The number of hydrogen-bond acceptors (Lipinski definition) is 4. The summed E-state index contributed by atoms with van der Waals surface area (Å²) in [5.74, 6) is 0. The van der Waals surface area contributed by atoms with E-state index in [-0.39, 0.29) is 0 Å². The summed E-state index contributed by atoms with van der Waals surface area (Å²) in [5, 5.41) is 5.25. The minimum absolute atomic E-state index is 0.407. The average Bonchev–Trinajstić information content (AvgIpc) is 2.89. The molecule has 0 amide bonds. The van der Waals surface area contributed by atoms with Gasteiger partial charge in [-0.2, -0.15) is 5.10 Å². The molecule has 0 spiro atoms. The second kappa shape index (κ2) is 4.85. The molecule has 3 rings (SSSR count). The first-order chi connectivity index (χ1) is 9.72. The molecule has 0 saturated carbocycles. The number of pyridine rings is 2. The molecule has 0 saturated heterocycles. The molecule has 0 aliphatic rings. The Bertz CT molecular complexity index is 792.